The van der Waals surface area contributed by atoms with Crippen molar-refractivity contribution in [1.82, 2.24) is 4.98 Å². The standard InChI is InChI=1S/C25H17N3O5/c1-14(29)26-18-9-10-20-22(13-18)33-25(27-20)28-23(30)17-7-4-6-15(11-17)19-12-16-5-2-3-8-21(16)32-24(19)31/h2-13H,1H3,(H,26,29)(H,27,28,30). The molecule has 2 amide bonds. The normalized spacial score (nSPS) is 10.9. The molecule has 0 unspecified atom stereocenters. The van der Waals surface area contributed by atoms with Crippen molar-refractivity contribution in [3.8, 4) is 11.1 Å². The molecule has 0 aliphatic heterocycles. The maximum absolute atomic E-state index is 12.8. The summed E-state index contributed by atoms with van der Waals surface area (Å²) in [6, 6.07) is 20.6. The summed E-state index contributed by atoms with van der Waals surface area (Å²) in [6.07, 6.45) is 0. The molecule has 3 aromatic carbocycles. The number of nitrogens with one attached hydrogen (secondary N) is 2. The monoisotopic (exact) mass is 439 g/mol. The third-order valence-electron chi connectivity index (χ3n) is 5.01. The molecule has 0 aliphatic rings. The van der Waals surface area contributed by atoms with E-state index < -0.39 is 11.5 Å². The molecular weight excluding hydrogens is 422 g/mol. The number of rotatable bonds is 4. The lowest BCUT2D eigenvalue weighted by molar-refractivity contribution is -0.114. The van der Waals surface area contributed by atoms with Gasteiger partial charge in [-0.3, -0.25) is 14.9 Å². The zero-order valence-corrected chi connectivity index (χ0v) is 17.4. The van der Waals surface area contributed by atoms with Gasteiger partial charge in [0.15, 0.2) is 5.58 Å². The minimum Gasteiger partial charge on any atom is -0.423 e. The fraction of sp³-hybridized carbons (Fsp3) is 0.0400. The molecule has 0 saturated heterocycles. The molecule has 5 aromatic rings. The number of amides is 2. The topological polar surface area (TPSA) is 114 Å². The van der Waals surface area contributed by atoms with Gasteiger partial charge in [-0.15, -0.1) is 0 Å². The Morgan fingerprint density at radius 3 is 2.55 bits per heavy atom. The summed E-state index contributed by atoms with van der Waals surface area (Å²) in [5.41, 5.74) is 2.75. The molecule has 0 fully saturated rings. The van der Waals surface area contributed by atoms with E-state index in [2.05, 4.69) is 15.6 Å². The molecule has 0 radical (unpaired) electrons. The average Bonchev–Trinajstić information content (AvgIpc) is 3.19. The molecule has 8 nitrogen and oxygen atoms in total. The van der Waals surface area contributed by atoms with Crippen LogP contribution in [0, 0.1) is 0 Å². The molecular formula is C25H17N3O5. The van der Waals surface area contributed by atoms with Crippen molar-refractivity contribution in [2.45, 2.75) is 6.92 Å². The van der Waals surface area contributed by atoms with Crippen LogP contribution < -0.4 is 16.3 Å². The fourth-order valence-corrected chi connectivity index (χ4v) is 3.52. The summed E-state index contributed by atoms with van der Waals surface area (Å²) in [7, 11) is 0. The van der Waals surface area contributed by atoms with Crippen LogP contribution in [-0.4, -0.2) is 16.8 Å². The van der Waals surface area contributed by atoms with Gasteiger partial charge in [0, 0.05) is 29.6 Å². The Morgan fingerprint density at radius 2 is 1.70 bits per heavy atom. The van der Waals surface area contributed by atoms with Gasteiger partial charge in [0.05, 0.1) is 5.56 Å². The highest BCUT2D eigenvalue weighted by atomic mass is 16.4. The molecule has 2 heterocycles. The van der Waals surface area contributed by atoms with Crippen LogP contribution in [0.15, 0.2) is 86.4 Å². The number of oxazole rings is 1. The highest BCUT2D eigenvalue weighted by Gasteiger charge is 2.14. The van der Waals surface area contributed by atoms with Crippen LogP contribution in [0.4, 0.5) is 11.7 Å². The molecule has 0 atom stereocenters. The number of nitrogens with zero attached hydrogens (tertiary/aromatic N) is 1. The number of carbonyl (C=O) groups is 2. The summed E-state index contributed by atoms with van der Waals surface area (Å²) in [5.74, 6) is -0.654. The van der Waals surface area contributed by atoms with Crippen LogP contribution in [0.1, 0.15) is 17.3 Å². The van der Waals surface area contributed by atoms with Gasteiger partial charge in [-0.1, -0.05) is 30.3 Å². The first kappa shape index (κ1) is 20.2. The van der Waals surface area contributed by atoms with Crippen LogP contribution in [0.5, 0.6) is 0 Å². The maximum Gasteiger partial charge on any atom is 0.344 e. The maximum atomic E-state index is 12.8. The SMILES string of the molecule is CC(=O)Nc1ccc2nc(NC(=O)c3cccc(-c4cc5ccccc5oc4=O)c3)oc2c1. The van der Waals surface area contributed by atoms with E-state index in [1.807, 2.05) is 12.1 Å². The first-order chi connectivity index (χ1) is 16.0. The van der Waals surface area contributed by atoms with Crippen molar-refractivity contribution in [2.24, 2.45) is 0 Å². The zero-order valence-electron chi connectivity index (χ0n) is 17.4. The number of fused-ring (bicyclic) bond motifs is 2. The van der Waals surface area contributed by atoms with Crippen molar-refractivity contribution >= 4 is 45.6 Å². The van der Waals surface area contributed by atoms with E-state index in [4.69, 9.17) is 8.83 Å². The average molecular weight is 439 g/mol. The van der Waals surface area contributed by atoms with Crippen molar-refractivity contribution in [3.05, 3.63) is 88.8 Å². The quantitative estimate of drug-likeness (QED) is 0.388. The lowest BCUT2D eigenvalue weighted by Crippen LogP contribution is -2.12. The number of hydrogen-bond donors (Lipinski definition) is 2. The second-order valence-corrected chi connectivity index (χ2v) is 7.40. The number of benzene rings is 3. The summed E-state index contributed by atoms with van der Waals surface area (Å²) in [5, 5.41) is 6.07. The van der Waals surface area contributed by atoms with Gasteiger partial charge < -0.3 is 14.2 Å². The minimum absolute atomic E-state index is 0.0191. The van der Waals surface area contributed by atoms with E-state index in [1.165, 1.54) is 6.92 Å². The largest absolute Gasteiger partial charge is 0.423 e. The zero-order chi connectivity index (χ0) is 22.9. The summed E-state index contributed by atoms with van der Waals surface area (Å²) < 4.78 is 11.0. The predicted octanol–water partition coefficient (Wildman–Crippen LogP) is 4.81. The van der Waals surface area contributed by atoms with E-state index in [-0.39, 0.29) is 11.9 Å². The van der Waals surface area contributed by atoms with Crippen molar-refractivity contribution in [3.63, 3.8) is 0 Å². The van der Waals surface area contributed by atoms with Gasteiger partial charge >= 0.3 is 11.6 Å². The Balaban J connectivity index is 1.42. The number of para-hydroxylation sites is 1. The molecule has 5 rings (SSSR count). The van der Waals surface area contributed by atoms with Gasteiger partial charge in [0.1, 0.15) is 11.1 Å². The number of aromatic nitrogens is 1. The Morgan fingerprint density at radius 1 is 0.848 bits per heavy atom. The van der Waals surface area contributed by atoms with E-state index in [0.29, 0.717) is 39.1 Å². The van der Waals surface area contributed by atoms with Gasteiger partial charge in [-0.25, -0.2) is 4.79 Å². The van der Waals surface area contributed by atoms with Crippen LogP contribution in [0.25, 0.3) is 33.2 Å². The molecule has 2 N–H and O–H groups in total. The van der Waals surface area contributed by atoms with Gasteiger partial charge in [0.25, 0.3) is 5.91 Å². The van der Waals surface area contributed by atoms with Gasteiger partial charge in [-0.05, 0) is 42.0 Å². The van der Waals surface area contributed by atoms with Crippen LogP contribution in [0.2, 0.25) is 0 Å². The van der Waals surface area contributed by atoms with Gasteiger partial charge in [0.2, 0.25) is 5.91 Å². The fourth-order valence-electron chi connectivity index (χ4n) is 3.52. The van der Waals surface area contributed by atoms with E-state index in [9.17, 15) is 14.4 Å². The number of carbonyl (C=O) groups excluding carboxylic acids is 2. The Labute approximate surface area is 186 Å². The third kappa shape index (κ3) is 4.09. The second kappa shape index (κ2) is 8.08. The van der Waals surface area contributed by atoms with Gasteiger partial charge in [-0.2, -0.15) is 4.98 Å². The van der Waals surface area contributed by atoms with Crippen molar-refractivity contribution in [1.29, 1.82) is 0 Å². The van der Waals surface area contributed by atoms with Crippen LogP contribution >= 0.6 is 0 Å². The molecule has 33 heavy (non-hydrogen) atoms. The summed E-state index contributed by atoms with van der Waals surface area (Å²) >= 11 is 0. The lowest BCUT2D eigenvalue weighted by Gasteiger charge is -2.05. The Hall–Kier alpha value is -4.72. The second-order valence-electron chi connectivity index (χ2n) is 7.40. The van der Waals surface area contributed by atoms with Crippen molar-refractivity contribution in [2.75, 3.05) is 10.6 Å². The van der Waals surface area contributed by atoms with Crippen LogP contribution in [-0.2, 0) is 4.79 Å². The predicted molar refractivity (Wildman–Crippen MR) is 124 cm³/mol. The highest BCUT2D eigenvalue weighted by molar-refractivity contribution is 6.04. The first-order valence-corrected chi connectivity index (χ1v) is 10.1. The van der Waals surface area contributed by atoms with Crippen molar-refractivity contribution < 1.29 is 18.4 Å². The first-order valence-electron chi connectivity index (χ1n) is 10.1. The summed E-state index contributed by atoms with van der Waals surface area (Å²) in [4.78, 5) is 40.8. The molecule has 0 spiro atoms. The third-order valence-corrected chi connectivity index (χ3v) is 5.01. The molecule has 0 bridgehead atoms. The van der Waals surface area contributed by atoms with E-state index >= 15 is 0 Å². The van der Waals surface area contributed by atoms with E-state index in [1.54, 1.807) is 60.7 Å². The Kier molecular flexibility index (Phi) is 4.95. The molecule has 0 saturated carbocycles. The highest BCUT2D eigenvalue weighted by Crippen LogP contribution is 2.25. The molecule has 8 heteroatoms. The Bertz CT molecular complexity index is 1600. The lowest BCUT2D eigenvalue weighted by atomic mass is 10.0. The molecule has 2 aromatic heterocycles. The summed E-state index contributed by atoms with van der Waals surface area (Å²) in [6.45, 7) is 1.41. The van der Waals surface area contributed by atoms with E-state index in [0.717, 1.165) is 5.39 Å². The smallest absolute Gasteiger partial charge is 0.344 e. The molecule has 0 aliphatic carbocycles. The van der Waals surface area contributed by atoms with Crippen LogP contribution in [0.3, 0.4) is 0 Å². The number of hydrogen-bond acceptors (Lipinski definition) is 6. The number of anilines is 2. The minimum atomic E-state index is -0.486. The molecule has 162 valence electrons.